The van der Waals surface area contributed by atoms with Gasteiger partial charge in [-0.3, -0.25) is 0 Å². The van der Waals surface area contributed by atoms with E-state index >= 15 is 0 Å². The maximum atomic E-state index is 5.74. The van der Waals surface area contributed by atoms with Gasteiger partial charge in [0.25, 0.3) is 0 Å². The quantitative estimate of drug-likeness (QED) is 0.896. The summed E-state index contributed by atoms with van der Waals surface area (Å²) in [5.41, 5.74) is 8.65. The number of pyridine rings is 1. The van der Waals surface area contributed by atoms with Crippen molar-refractivity contribution in [1.29, 1.82) is 0 Å². The molecule has 0 atom stereocenters. The van der Waals surface area contributed by atoms with Crippen LogP contribution in [0, 0.1) is 13.8 Å². The molecule has 0 amide bonds. The molecule has 2 heterocycles. The van der Waals surface area contributed by atoms with E-state index in [1.807, 2.05) is 24.6 Å². The largest absolute Gasteiger partial charge is 0.326 e. The minimum Gasteiger partial charge on any atom is -0.326 e. The second-order valence-electron chi connectivity index (χ2n) is 3.74. The minimum absolute atomic E-state index is 0.428. The predicted molar refractivity (Wildman–Crippen MR) is 74.1 cm³/mol. The molecule has 0 saturated carbocycles. The molecule has 0 bridgehead atoms. The number of nitrogens with zero attached hydrogens (tertiary/aromatic N) is 3. The zero-order valence-corrected chi connectivity index (χ0v) is 12.7. The number of hydrogen-bond acceptors (Lipinski definition) is 3. The fourth-order valence-corrected chi connectivity index (χ4v) is 2.27. The van der Waals surface area contributed by atoms with Gasteiger partial charge in [-0.2, -0.15) is 5.10 Å². The molecule has 0 aliphatic heterocycles. The Balaban J connectivity index is 2.64. The second kappa shape index (κ2) is 4.88. The monoisotopic (exact) mass is 358 g/mol. The summed E-state index contributed by atoms with van der Waals surface area (Å²) in [6.45, 7) is 4.38. The molecule has 2 rings (SSSR count). The van der Waals surface area contributed by atoms with E-state index in [-0.39, 0.29) is 0 Å². The Labute approximate surface area is 116 Å². The molecule has 0 spiro atoms. The van der Waals surface area contributed by atoms with Crippen LogP contribution in [0.2, 0.25) is 0 Å². The van der Waals surface area contributed by atoms with Crippen molar-refractivity contribution >= 4 is 31.9 Å². The highest BCUT2D eigenvalue weighted by Gasteiger charge is 2.14. The van der Waals surface area contributed by atoms with E-state index < -0.39 is 0 Å². The lowest BCUT2D eigenvalue weighted by atomic mass is 10.2. The van der Waals surface area contributed by atoms with E-state index in [4.69, 9.17) is 5.73 Å². The van der Waals surface area contributed by atoms with Crippen molar-refractivity contribution in [2.75, 3.05) is 0 Å². The van der Waals surface area contributed by atoms with Gasteiger partial charge in [0.2, 0.25) is 0 Å². The van der Waals surface area contributed by atoms with Gasteiger partial charge < -0.3 is 5.73 Å². The number of halogens is 2. The topological polar surface area (TPSA) is 56.7 Å². The lowest BCUT2D eigenvalue weighted by molar-refractivity contribution is 0.787. The van der Waals surface area contributed by atoms with Gasteiger partial charge >= 0.3 is 0 Å². The van der Waals surface area contributed by atoms with Gasteiger partial charge in [0.05, 0.1) is 15.9 Å². The summed E-state index contributed by atoms with van der Waals surface area (Å²) < 4.78 is 3.74. The predicted octanol–water partition coefficient (Wildman–Crippen LogP) is 2.87. The Hall–Kier alpha value is -0.720. The number of rotatable bonds is 2. The van der Waals surface area contributed by atoms with E-state index in [0.717, 1.165) is 31.7 Å². The van der Waals surface area contributed by atoms with Crippen LogP contribution < -0.4 is 5.73 Å². The maximum absolute atomic E-state index is 5.74. The number of aryl methyl sites for hydroxylation is 1. The lowest BCUT2D eigenvalue weighted by Gasteiger charge is -2.08. The number of hydrogen-bond donors (Lipinski definition) is 1. The zero-order valence-electron chi connectivity index (χ0n) is 9.54. The lowest BCUT2D eigenvalue weighted by Crippen LogP contribution is -2.09. The van der Waals surface area contributed by atoms with Gasteiger partial charge in [0.15, 0.2) is 5.82 Å². The normalized spacial score (nSPS) is 10.9. The summed E-state index contributed by atoms with van der Waals surface area (Å²) in [6.07, 6.45) is 1.75. The first-order valence-electron chi connectivity index (χ1n) is 5.11. The second-order valence-corrected chi connectivity index (χ2v) is 5.45. The van der Waals surface area contributed by atoms with Crippen LogP contribution in [0.15, 0.2) is 21.2 Å². The highest BCUT2D eigenvalue weighted by atomic mass is 79.9. The molecular formula is C11H12Br2N4. The summed E-state index contributed by atoms with van der Waals surface area (Å²) >= 11 is 6.90. The van der Waals surface area contributed by atoms with Crippen LogP contribution in [0.5, 0.6) is 0 Å². The first kappa shape index (κ1) is 12.7. The summed E-state index contributed by atoms with van der Waals surface area (Å²) in [4.78, 5) is 4.39. The Morgan fingerprint density at radius 1 is 1.35 bits per heavy atom. The van der Waals surface area contributed by atoms with Crippen molar-refractivity contribution < 1.29 is 0 Å². The Bertz CT molecular complexity index is 563. The molecule has 6 heteroatoms. The molecule has 2 aromatic rings. The molecule has 0 saturated heterocycles. The molecule has 17 heavy (non-hydrogen) atoms. The van der Waals surface area contributed by atoms with Gasteiger partial charge in [-0.1, -0.05) is 0 Å². The summed E-state index contributed by atoms with van der Waals surface area (Å²) in [5.74, 6) is 0.780. The minimum atomic E-state index is 0.428. The number of nitrogens with two attached hydrogens (primary N) is 1. The van der Waals surface area contributed by atoms with Crippen LogP contribution in [0.3, 0.4) is 0 Å². The maximum Gasteiger partial charge on any atom is 0.158 e. The molecule has 2 N–H and O–H groups in total. The van der Waals surface area contributed by atoms with Crippen LogP contribution >= 0.6 is 31.9 Å². The molecule has 0 radical (unpaired) electrons. The molecule has 0 aromatic carbocycles. The molecule has 0 unspecified atom stereocenters. The van der Waals surface area contributed by atoms with Gasteiger partial charge in [-0.05, 0) is 51.8 Å². The molecule has 0 aliphatic carbocycles. The van der Waals surface area contributed by atoms with Gasteiger partial charge in [0, 0.05) is 22.8 Å². The Morgan fingerprint density at radius 3 is 2.59 bits per heavy atom. The standard InChI is InChI=1S/C11H12Br2N4/c1-6-10(13)7(2)17(16-6)11-8(4-14)3-9(12)5-15-11/h3,5H,4,14H2,1-2H3. The van der Waals surface area contributed by atoms with Gasteiger partial charge in [-0.15, -0.1) is 0 Å². The molecule has 90 valence electrons. The highest BCUT2D eigenvalue weighted by molar-refractivity contribution is 9.10. The van der Waals surface area contributed by atoms with E-state index in [2.05, 4.69) is 41.9 Å². The highest BCUT2D eigenvalue weighted by Crippen LogP contribution is 2.24. The Morgan fingerprint density at radius 2 is 2.06 bits per heavy atom. The molecule has 4 nitrogen and oxygen atoms in total. The van der Waals surface area contributed by atoms with E-state index in [1.165, 1.54) is 0 Å². The summed E-state index contributed by atoms with van der Waals surface area (Å²) in [5, 5.41) is 4.45. The van der Waals surface area contributed by atoms with Crippen LogP contribution in [0.1, 0.15) is 17.0 Å². The third-order valence-corrected chi connectivity index (χ3v) is 4.11. The number of aromatic nitrogens is 3. The van der Waals surface area contributed by atoms with Crippen molar-refractivity contribution in [3.63, 3.8) is 0 Å². The van der Waals surface area contributed by atoms with E-state index in [9.17, 15) is 0 Å². The van der Waals surface area contributed by atoms with Crippen molar-refractivity contribution in [2.45, 2.75) is 20.4 Å². The summed E-state index contributed by atoms with van der Waals surface area (Å²) in [7, 11) is 0. The fourth-order valence-electron chi connectivity index (χ4n) is 1.64. The van der Waals surface area contributed by atoms with Crippen LogP contribution in [-0.2, 0) is 6.54 Å². The molecule has 0 fully saturated rings. The van der Waals surface area contributed by atoms with Crippen molar-refractivity contribution in [3.8, 4) is 5.82 Å². The van der Waals surface area contributed by atoms with Gasteiger partial charge in [0.1, 0.15) is 0 Å². The van der Waals surface area contributed by atoms with Crippen LogP contribution in [0.4, 0.5) is 0 Å². The SMILES string of the molecule is Cc1nn(-c2ncc(Br)cc2CN)c(C)c1Br. The first-order chi connectivity index (χ1) is 8.04. The average molecular weight is 360 g/mol. The van der Waals surface area contributed by atoms with Gasteiger partial charge in [-0.25, -0.2) is 9.67 Å². The van der Waals surface area contributed by atoms with Crippen LogP contribution in [0.25, 0.3) is 5.82 Å². The van der Waals surface area contributed by atoms with Crippen molar-refractivity contribution in [3.05, 3.63) is 38.2 Å². The molecule has 2 aromatic heterocycles. The Kier molecular flexibility index (Phi) is 3.65. The third kappa shape index (κ3) is 2.29. The fraction of sp³-hybridized carbons (Fsp3) is 0.273. The molecule has 0 aliphatic rings. The van der Waals surface area contributed by atoms with E-state index in [0.29, 0.717) is 6.54 Å². The van der Waals surface area contributed by atoms with E-state index in [1.54, 1.807) is 6.20 Å². The zero-order chi connectivity index (χ0) is 12.6. The first-order valence-corrected chi connectivity index (χ1v) is 6.69. The van der Waals surface area contributed by atoms with Crippen molar-refractivity contribution in [1.82, 2.24) is 14.8 Å². The third-order valence-electron chi connectivity index (χ3n) is 2.53. The summed E-state index contributed by atoms with van der Waals surface area (Å²) in [6, 6.07) is 1.96. The van der Waals surface area contributed by atoms with Crippen molar-refractivity contribution in [2.24, 2.45) is 5.73 Å². The van der Waals surface area contributed by atoms with Crippen LogP contribution in [-0.4, -0.2) is 14.8 Å². The smallest absolute Gasteiger partial charge is 0.158 e. The molecular weight excluding hydrogens is 348 g/mol. The average Bonchev–Trinajstić information content (AvgIpc) is 2.57.